The van der Waals surface area contributed by atoms with Crippen molar-refractivity contribution >= 4 is 66.9 Å². The third kappa shape index (κ3) is 2.26. The Morgan fingerprint density at radius 2 is 0.969 bits per heavy atom. The summed E-state index contributed by atoms with van der Waals surface area (Å²) in [5.41, 5.74) is 1.06. The number of rotatable bonds is 2. The summed E-state index contributed by atoms with van der Waals surface area (Å²) in [6.45, 7) is 0. The van der Waals surface area contributed by atoms with Gasteiger partial charge in [0.2, 0.25) is 23.6 Å². The van der Waals surface area contributed by atoms with E-state index in [0.717, 1.165) is 25.7 Å². The predicted octanol–water partition coefficient (Wildman–Crippen LogP) is 3.50. The van der Waals surface area contributed by atoms with Crippen molar-refractivity contribution in [3.05, 3.63) is 24.3 Å². The van der Waals surface area contributed by atoms with Crippen LogP contribution in [0.15, 0.2) is 24.3 Å². The number of carbonyl (C=O) groups excluding carboxylic acids is 4. The first kappa shape index (κ1) is 19.9. The molecule has 0 unspecified atom stereocenters. The van der Waals surface area contributed by atoms with Crippen molar-refractivity contribution in [3.63, 3.8) is 0 Å². The van der Waals surface area contributed by atoms with E-state index in [4.69, 9.17) is 0 Å². The highest BCUT2D eigenvalue weighted by Crippen LogP contribution is 2.61. The summed E-state index contributed by atoms with van der Waals surface area (Å²) in [5.74, 6) is -0.213. The number of hydrogen-bond donors (Lipinski definition) is 0. The molecule has 4 aliphatic carbocycles. The topological polar surface area (TPSA) is 74.8 Å². The molecular formula is C24H22Br2N2O4. The van der Waals surface area contributed by atoms with Crippen LogP contribution >= 0.6 is 31.9 Å². The molecular weight excluding hydrogens is 540 g/mol. The molecule has 1 aromatic carbocycles. The highest BCUT2D eigenvalue weighted by Gasteiger charge is 2.66. The minimum atomic E-state index is -0.262. The van der Waals surface area contributed by atoms with E-state index in [1.807, 2.05) is 0 Å². The number of fused-ring (bicyclic) bond motifs is 10. The Morgan fingerprint density at radius 1 is 0.594 bits per heavy atom. The van der Waals surface area contributed by atoms with Crippen molar-refractivity contribution in [3.8, 4) is 0 Å². The lowest BCUT2D eigenvalue weighted by molar-refractivity contribution is -0.124. The Labute approximate surface area is 202 Å². The van der Waals surface area contributed by atoms with Crippen LogP contribution in [0.4, 0.5) is 11.4 Å². The summed E-state index contributed by atoms with van der Waals surface area (Å²) < 4.78 is 0. The number of anilines is 2. The van der Waals surface area contributed by atoms with Crippen LogP contribution in [0.2, 0.25) is 0 Å². The van der Waals surface area contributed by atoms with Gasteiger partial charge in [-0.3, -0.25) is 29.0 Å². The average Bonchev–Trinajstić information content (AvgIpc) is 3.59. The first-order chi connectivity index (χ1) is 15.4. The number of nitrogens with zero attached hydrogens (tertiary/aromatic N) is 2. The summed E-state index contributed by atoms with van der Waals surface area (Å²) in [5, 5.41) is 0. The van der Waals surface area contributed by atoms with Crippen LogP contribution in [0, 0.1) is 47.3 Å². The maximum Gasteiger partial charge on any atom is 0.238 e. The number of imide groups is 2. The number of amides is 4. The average molecular weight is 562 g/mol. The number of hydrogen-bond acceptors (Lipinski definition) is 4. The van der Waals surface area contributed by atoms with E-state index in [-0.39, 0.29) is 68.8 Å². The summed E-state index contributed by atoms with van der Waals surface area (Å²) in [6.07, 6.45) is 4.00. The minimum absolute atomic E-state index is 0.0777. The van der Waals surface area contributed by atoms with Gasteiger partial charge in [0.05, 0.1) is 35.0 Å². The van der Waals surface area contributed by atoms with Crippen molar-refractivity contribution in [2.75, 3.05) is 9.80 Å². The summed E-state index contributed by atoms with van der Waals surface area (Å²) in [6, 6.07) is 6.82. The van der Waals surface area contributed by atoms with Crippen molar-refractivity contribution in [2.45, 2.75) is 35.3 Å². The van der Waals surface area contributed by atoms with Gasteiger partial charge in [0.25, 0.3) is 0 Å². The van der Waals surface area contributed by atoms with Gasteiger partial charge < -0.3 is 0 Å². The van der Waals surface area contributed by atoms with Gasteiger partial charge in [0, 0.05) is 9.65 Å². The van der Waals surface area contributed by atoms with Gasteiger partial charge >= 0.3 is 0 Å². The van der Waals surface area contributed by atoms with Gasteiger partial charge in [-0.2, -0.15) is 0 Å². The molecule has 6 aliphatic rings. The standard InChI is InChI=1S/C24H22Br2N2O4/c25-19-13-8-14(20(19)26)18-17(13)23(31)28(24(18)32)12-5-3-11(4-6-12)27-21(29)15-9-1-2-10(7-9)16(15)22(27)30/h3-6,9-10,13-20H,1-2,7-8H2/t9-,10-,13+,14+,15-,16+,17-,18+,19-,20-/m0/s1. The largest absolute Gasteiger partial charge is 0.274 e. The summed E-state index contributed by atoms with van der Waals surface area (Å²) in [7, 11) is 0. The summed E-state index contributed by atoms with van der Waals surface area (Å²) >= 11 is 7.43. The second-order valence-electron chi connectivity index (χ2n) is 10.4. The molecule has 166 valence electrons. The van der Waals surface area contributed by atoms with Crippen LogP contribution in [0.5, 0.6) is 0 Å². The zero-order valence-electron chi connectivity index (χ0n) is 17.2. The van der Waals surface area contributed by atoms with Crippen molar-refractivity contribution in [1.82, 2.24) is 0 Å². The number of alkyl halides is 2. The normalized spacial score (nSPS) is 46.1. The molecule has 7 rings (SSSR count). The smallest absolute Gasteiger partial charge is 0.238 e. The van der Waals surface area contributed by atoms with Crippen LogP contribution in [0.25, 0.3) is 0 Å². The van der Waals surface area contributed by atoms with Crippen molar-refractivity contribution in [2.24, 2.45) is 47.3 Å². The van der Waals surface area contributed by atoms with Gasteiger partial charge in [-0.25, -0.2) is 0 Å². The fourth-order valence-corrected chi connectivity index (χ4v) is 9.89. The maximum atomic E-state index is 13.2. The van der Waals surface area contributed by atoms with Crippen LogP contribution in [0.3, 0.4) is 0 Å². The fourth-order valence-electron chi connectivity index (χ4n) is 8.02. The molecule has 4 bridgehead atoms. The van der Waals surface area contributed by atoms with E-state index >= 15 is 0 Å². The highest BCUT2D eigenvalue weighted by atomic mass is 79.9. The van der Waals surface area contributed by atoms with E-state index in [0.29, 0.717) is 23.2 Å². The van der Waals surface area contributed by atoms with Gasteiger partial charge in [-0.05, 0) is 73.6 Å². The quantitative estimate of drug-likeness (QED) is 0.409. The molecule has 6 nitrogen and oxygen atoms in total. The Hall–Kier alpha value is -1.54. The van der Waals surface area contributed by atoms with Gasteiger partial charge in [0.1, 0.15) is 0 Å². The van der Waals surface area contributed by atoms with Gasteiger partial charge in [-0.15, -0.1) is 0 Å². The van der Waals surface area contributed by atoms with E-state index in [9.17, 15) is 19.2 Å². The third-order valence-electron chi connectivity index (χ3n) is 9.28. The van der Waals surface area contributed by atoms with Crippen LogP contribution in [-0.2, 0) is 19.2 Å². The molecule has 0 aromatic heterocycles. The molecule has 2 saturated heterocycles. The highest BCUT2D eigenvalue weighted by molar-refractivity contribution is 9.12. The van der Waals surface area contributed by atoms with Gasteiger partial charge in [0.15, 0.2) is 0 Å². The molecule has 0 N–H and O–H groups in total. The fraction of sp³-hybridized carbons (Fsp3) is 0.583. The molecule has 10 atom stereocenters. The molecule has 8 heteroatoms. The van der Waals surface area contributed by atoms with E-state index in [2.05, 4.69) is 31.9 Å². The van der Waals surface area contributed by atoms with Crippen LogP contribution < -0.4 is 9.80 Å². The Balaban J connectivity index is 1.17. The number of carbonyl (C=O) groups is 4. The second-order valence-corrected chi connectivity index (χ2v) is 12.5. The predicted molar refractivity (Wildman–Crippen MR) is 123 cm³/mol. The third-order valence-corrected chi connectivity index (χ3v) is 12.5. The SMILES string of the molecule is O=C1[C@@H]2[C@H]3CC[C@@H](C3)[C@@H]2C(=O)N1c1ccc(N2C(=O)[C@@H]3[C@H]4C[C@@H]([C@H](Br)[C@H]4Br)[C@@H]3C2=O)cc1. The Morgan fingerprint density at radius 3 is 1.38 bits per heavy atom. The first-order valence-corrected chi connectivity index (χ1v) is 13.4. The number of halogens is 2. The maximum absolute atomic E-state index is 13.2. The van der Waals surface area contributed by atoms with Gasteiger partial charge in [-0.1, -0.05) is 31.9 Å². The van der Waals surface area contributed by atoms with Crippen molar-refractivity contribution < 1.29 is 19.2 Å². The Kier molecular flexibility index (Phi) is 4.06. The molecule has 0 radical (unpaired) electrons. The summed E-state index contributed by atoms with van der Waals surface area (Å²) in [4.78, 5) is 55.7. The zero-order valence-corrected chi connectivity index (χ0v) is 20.4. The Bertz CT molecular complexity index is 1030. The molecule has 6 fully saturated rings. The zero-order chi connectivity index (χ0) is 22.0. The van der Waals surface area contributed by atoms with Crippen LogP contribution in [-0.4, -0.2) is 33.3 Å². The molecule has 2 heterocycles. The molecule has 2 aliphatic heterocycles. The molecule has 4 saturated carbocycles. The van der Waals surface area contributed by atoms with E-state index in [1.165, 1.54) is 9.80 Å². The van der Waals surface area contributed by atoms with E-state index < -0.39 is 0 Å². The molecule has 32 heavy (non-hydrogen) atoms. The second kappa shape index (κ2) is 6.53. The lowest BCUT2D eigenvalue weighted by Gasteiger charge is -2.28. The van der Waals surface area contributed by atoms with Crippen LogP contribution in [0.1, 0.15) is 25.7 Å². The molecule has 0 spiro atoms. The monoisotopic (exact) mass is 560 g/mol. The lowest BCUT2D eigenvalue weighted by atomic mass is 9.81. The first-order valence-electron chi connectivity index (χ1n) is 11.5. The minimum Gasteiger partial charge on any atom is -0.274 e. The molecule has 4 amide bonds. The molecule has 1 aromatic rings. The van der Waals surface area contributed by atoms with Crippen molar-refractivity contribution in [1.29, 1.82) is 0 Å². The van der Waals surface area contributed by atoms with E-state index in [1.54, 1.807) is 24.3 Å². The lowest BCUT2D eigenvalue weighted by Crippen LogP contribution is -2.37. The number of benzene rings is 1.